The number of urea groups is 1. The summed E-state index contributed by atoms with van der Waals surface area (Å²) in [6.45, 7) is 12.6. The van der Waals surface area contributed by atoms with Gasteiger partial charge in [0.05, 0.1) is 6.04 Å². The van der Waals surface area contributed by atoms with Crippen molar-refractivity contribution < 1.29 is 38.2 Å². The maximum absolute atomic E-state index is 13.6. The first-order valence-electron chi connectivity index (χ1n) is 19.6. The van der Waals surface area contributed by atoms with Crippen LogP contribution in [-0.4, -0.2) is 78.0 Å². The first-order valence-corrected chi connectivity index (χ1v) is 19.6. The standard InChI is InChI=1S/C42H63N5O8/c1-27(48)33(46-40(53)47-34(39(52)55-42(5,6)7)21-22-36(49)54-41(2,3)4)14-10-11-23-44-38(51)35(45-37(50)31-19-15-28(26-43)16-20-31)25-29-17-18-30-12-8-9-13-32(30)24-29/h8-9,12-13,17-18,24,28,31,33-35H,10-11,14-16,19-23,25-26,43H2,1-7H3,(H,44,51)(H,45,50)(H2,46,47,53)/t28-,31-,33-,34-,35-/m0/s1. The highest BCUT2D eigenvalue weighted by Gasteiger charge is 2.31. The number of esters is 2. The molecular weight excluding hydrogens is 702 g/mol. The molecule has 0 heterocycles. The van der Waals surface area contributed by atoms with Gasteiger partial charge in [-0.2, -0.15) is 0 Å². The molecule has 1 aliphatic carbocycles. The molecule has 1 saturated carbocycles. The SMILES string of the molecule is CC(=O)[C@H](CCCCNC(=O)[C@H](Cc1ccc2ccccc2c1)NC(=O)[C@H]1CC[C@H](CN)CC1)NC(=O)N[C@@H](CCC(=O)OC(C)(C)C)C(=O)OC(C)(C)C. The van der Waals surface area contributed by atoms with Crippen LogP contribution in [0.5, 0.6) is 0 Å². The van der Waals surface area contributed by atoms with E-state index in [0.29, 0.717) is 38.3 Å². The molecule has 0 bridgehead atoms. The van der Waals surface area contributed by atoms with E-state index in [1.807, 2.05) is 42.5 Å². The molecule has 0 spiro atoms. The van der Waals surface area contributed by atoms with Crippen molar-refractivity contribution in [2.45, 2.75) is 142 Å². The highest BCUT2D eigenvalue weighted by atomic mass is 16.6. The molecule has 2 aromatic carbocycles. The first-order chi connectivity index (χ1) is 25.8. The van der Waals surface area contributed by atoms with E-state index in [-0.39, 0.29) is 42.8 Å². The van der Waals surface area contributed by atoms with Crippen molar-refractivity contribution >= 4 is 46.3 Å². The number of amides is 4. The van der Waals surface area contributed by atoms with E-state index in [4.69, 9.17) is 15.2 Å². The van der Waals surface area contributed by atoms with Gasteiger partial charge < -0.3 is 36.5 Å². The number of carbonyl (C=O) groups is 6. The molecular formula is C42H63N5O8. The number of rotatable bonds is 18. The maximum atomic E-state index is 13.6. The molecule has 0 radical (unpaired) electrons. The Kier molecular flexibility index (Phi) is 17.1. The number of Topliss-reactive ketones (excluding diaryl/α,β-unsaturated/α-hetero) is 1. The number of benzene rings is 2. The van der Waals surface area contributed by atoms with Crippen molar-refractivity contribution in [2.75, 3.05) is 13.1 Å². The van der Waals surface area contributed by atoms with Gasteiger partial charge >= 0.3 is 18.0 Å². The maximum Gasteiger partial charge on any atom is 0.329 e. The van der Waals surface area contributed by atoms with E-state index in [1.54, 1.807) is 41.5 Å². The van der Waals surface area contributed by atoms with Crippen LogP contribution in [0.3, 0.4) is 0 Å². The molecule has 0 saturated heterocycles. The molecule has 1 fully saturated rings. The van der Waals surface area contributed by atoms with Gasteiger partial charge in [0.1, 0.15) is 23.3 Å². The number of carbonyl (C=O) groups excluding carboxylic acids is 6. The molecule has 4 amide bonds. The average Bonchev–Trinajstić information content (AvgIpc) is 3.10. The van der Waals surface area contributed by atoms with Crippen LogP contribution in [0.25, 0.3) is 10.8 Å². The van der Waals surface area contributed by atoms with Crippen LogP contribution in [0.15, 0.2) is 42.5 Å². The van der Waals surface area contributed by atoms with E-state index in [1.165, 1.54) is 6.92 Å². The van der Waals surface area contributed by atoms with Gasteiger partial charge in [-0.3, -0.25) is 19.2 Å². The molecule has 304 valence electrons. The number of unbranched alkanes of at least 4 members (excludes halogenated alkanes) is 1. The summed E-state index contributed by atoms with van der Waals surface area (Å²) >= 11 is 0. The Bertz CT molecular complexity index is 1620. The van der Waals surface area contributed by atoms with Crippen LogP contribution < -0.4 is 27.0 Å². The fourth-order valence-corrected chi connectivity index (χ4v) is 6.58. The molecule has 6 N–H and O–H groups in total. The number of nitrogens with one attached hydrogen (secondary N) is 4. The summed E-state index contributed by atoms with van der Waals surface area (Å²) in [4.78, 5) is 77.7. The van der Waals surface area contributed by atoms with Gasteiger partial charge in [-0.15, -0.1) is 0 Å². The molecule has 13 nitrogen and oxygen atoms in total. The van der Waals surface area contributed by atoms with Crippen LogP contribution in [0.1, 0.15) is 112 Å². The number of ether oxygens (including phenoxy) is 2. The zero-order chi connectivity index (χ0) is 40.8. The highest BCUT2D eigenvalue weighted by molar-refractivity contribution is 5.90. The zero-order valence-electron chi connectivity index (χ0n) is 33.8. The third-order valence-corrected chi connectivity index (χ3v) is 9.51. The van der Waals surface area contributed by atoms with Crippen LogP contribution in [-0.2, 0) is 39.9 Å². The fraction of sp³-hybridized carbons (Fsp3) is 0.619. The molecule has 3 rings (SSSR count). The first kappa shape index (κ1) is 44.9. The average molecular weight is 766 g/mol. The van der Waals surface area contributed by atoms with Gasteiger partial charge in [0.25, 0.3) is 0 Å². The summed E-state index contributed by atoms with van der Waals surface area (Å²) in [6.07, 6.45) is 4.71. The van der Waals surface area contributed by atoms with Crippen LogP contribution in [0, 0.1) is 11.8 Å². The lowest BCUT2D eigenvalue weighted by molar-refractivity contribution is -0.158. The number of ketones is 1. The zero-order valence-corrected chi connectivity index (χ0v) is 33.8. The Morgan fingerprint density at radius 2 is 1.40 bits per heavy atom. The van der Waals surface area contributed by atoms with Gasteiger partial charge in [0.15, 0.2) is 5.78 Å². The van der Waals surface area contributed by atoms with E-state index >= 15 is 0 Å². The normalized spacial score (nSPS) is 17.6. The highest BCUT2D eigenvalue weighted by Crippen LogP contribution is 2.28. The van der Waals surface area contributed by atoms with Crippen molar-refractivity contribution in [3.8, 4) is 0 Å². The second-order valence-corrected chi connectivity index (χ2v) is 16.7. The van der Waals surface area contributed by atoms with Gasteiger partial charge in [-0.1, -0.05) is 42.5 Å². The monoisotopic (exact) mass is 765 g/mol. The predicted molar refractivity (Wildman–Crippen MR) is 212 cm³/mol. The molecule has 13 heteroatoms. The second-order valence-electron chi connectivity index (χ2n) is 16.7. The molecule has 0 aromatic heterocycles. The van der Waals surface area contributed by atoms with E-state index in [9.17, 15) is 28.8 Å². The topological polar surface area (TPSA) is 195 Å². The van der Waals surface area contributed by atoms with Gasteiger partial charge in [-0.25, -0.2) is 9.59 Å². The lowest BCUT2D eigenvalue weighted by Gasteiger charge is -2.28. The quantitative estimate of drug-likeness (QED) is 0.102. The smallest absolute Gasteiger partial charge is 0.329 e. The molecule has 2 aromatic rings. The van der Waals surface area contributed by atoms with Crippen LogP contribution in [0.2, 0.25) is 0 Å². The summed E-state index contributed by atoms with van der Waals surface area (Å²) in [6, 6.07) is 10.5. The summed E-state index contributed by atoms with van der Waals surface area (Å²) < 4.78 is 10.8. The van der Waals surface area contributed by atoms with E-state index in [0.717, 1.165) is 42.0 Å². The number of hydrogen-bond donors (Lipinski definition) is 5. The van der Waals surface area contributed by atoms with Crippen LogP contribution >= 0.6 is 0 Å². The lowest BCUT2D eigenvalue weighted by atomic mass is 9.81. The Hall–Kier alpha value is -4.52. The van der Waals surface area contributed by atoms with Crippen LogP contribution in [0.4, 0.5) is 4.79 Å². The minimum atomic E-state index is -1.15. The fourth-order valence-electron chi connectivity index (χ4n) is 6.58. The predicted octanol–water partition coefficient (Wildman–Crippen LogP) is 5.01. The molecule has 1 aliphatic rings. The van der Waals surface area contributed by atoms with Gasteiger partial charge in [0, 0.05) is 25.3 Å². The third kappa shape index (κ3) is 16.4. The summed E-state index contributed by atoms with van der Waals surface area (Å²) in [5.74, 6) is -1.66. The Morgan fingerprint density at radius 1 is 0.764 bits per heavy atom. The largest absolute Gasteiger partial charge is 0.460 e. The van der Waals surface area contributed by atoms with Crippen molar-refractivity contribution in [2.24, 2.45) is 17.6 Å². The Labute approximate surface area is 326 Å². The number of nitrogens with two attached hydrogens (primary N) is 1. The third-order valence-electron chi connectivity index (χ3n) is 9.51. The lowest BCUT2D eigenvalue weighted by Crippen LogP contribution is -2.52. The van der Waals surface area contributed by atoms with E-state index in [2.05, 4.69) is 21.3 Å². The molecule has 3 atom stereocenters. The molecule has 0 aliphatic heterocycles. The second kappa shape index (κ2) is 21.0. The van der Waals surface area contributed by atoms with Crippen molar-refractivity contribution in [3.05, 3.63) is 48.0 Å². The molecule has 55 heavy (non-hydrogen) atoms. The molecule has 0 unspecified atom stereocenters. The Balaban J connectivity index is 1.56. The number of fused-ring (bicyclic) bond motifs is 1. The Morgan fingerprint density at radius 3 is 2.02 bits per heavy atom. The minimum absolute atomic E-state index is 0.0561. The van der Waals surface area contributed by atoms with Crippen molar-refractivity contribution in [1.29, 1.82) is 0 Å². The van der Waals surface area contributed by atoms with Gasteiger partial charge in [0.2, 0.25) is 11.8 Å². The summed E-state index contributed by atoms with van der Waals surface area (Å²) in [7, 11) is 0. The van der Waals surface area contributed by atoms with E-state index < -0.39 is 47.3 Å². The minimum Gasteiger partial charge on any atom is -0.460 e. The number of hydrogen-bond acceptors (Lipinski definition) is 9. The van der Waals surface area contributed by atoms with Crippen molar-refractivity contribution in [3.63, 3.8) is 0 Å². The van der Waals surface area contributed by atoms with Gasteiger partial charge in [-0.05, 0) is 129 Å². The summed E-state index contributed by atoms with van der Waals surface area (Å²) in [5.41, 5.74) is 5.24. The van der Waals surface area contributed by atoms with Crippen molar-refractivity contribution in [1.82, 2.24) is 21.3 Å². The summed E-state index contributed by atoms with van der Waals surface area (Å²) in [5, 5.41) is 13.3.